The van der Waals surface area contributed by atoms with Crippen molar-refractivity contribution in [3.8, 4) is 0 Å². The molecule has 0 aliphatic heterocycles. The summed E-state index contributed by atoms with van der Waals surface area (Å²) in [5, 5.41) is 8.36. The molecule has 0 aliphatic rings. The van der Waals surface area contributed by atoms with Crippen LogP contribution < -0.4 is 0 Å². The third-order valence-electron chi connectivity index (χ3n) is 0.431. The minimum atomic E-state index is -0.968. The SMILES string of the molecule is CC(O)C(=O)[O][Bi]. The molecule has 0 amide bonds. The third-order valence-corrected chi connectivity index (χ3v) is 1.13. The molecule has 0 aliphatic carbocycles. The molecule has 0 fully saturated rings. The van der Waals surface area contributed by atoms with Gasteiger partial charge in [0, 0.05) is 0 Å². The van der Waals surface area contributed by atoms with E-state index in [0.717, 1.165) is 0 Å². The van der Waals surface area contributed by atoms with E-state index < -0.39 is 12.1 Å². The summed E-state index contributed by atoms with van der Waals surface area (Å²) < 4.78 is 4.23. The molecule has 0 saturated carbocycles. The first-order valence-electron chi connectivity index (χ1n) is 1.72. The van der Waals surface area contributed by atoms with Gasteiger partial charge in [0.15, 0.2) is 0 Å². The average molecular weight is 298 g/mol. The number of hydrogen-bond acceptors (Lipinski definition) is 3. The van der Waals surface area contributed by atoms with Gasteiger partial charge in [0.1, 0.15) is 0 Å². The molecule has 0 aromatic rings. The minimum absolute atomic E-state index is 0.535. The molecule has 1 atom stereocenters. The van der Waals surface area contributed by atoms with Gasteiger partial charge in [-0.3, -0.25) is 0 Å². The van der Waals surface area contributed by atoms with Crippen LogP contribution in [-0.4, -0.2) is 42.3 Å². The maximum atomic E-state index is 10.1. The zero-order chi connectivity index (χ0) is 5.86. The number of carbonyl (C=O) groups is 1. The van der Waals surface area contributed by atoms with Crippen molar-refractivity contribution in [1.82, 2.24) is 0 Å². The van der Waals surface area contributed by atoms with Crippen LogP contribution in [0.3, 0.4) is 0 Å². The Morgan fingerprint density at radius 3 is 2.43 bits per heavy atom. The molecule has 1 N–H and O–H groups in total. The Balaban J connectivity index is 3.35. The van der Waals surface area contributed by atoms with Gasteiger partial charge in [0.05, 0.1) is 0 Å². The molecular formula is C3H5BiO3. The van der Waals surface area contributed by atoms with Gasteiger partial charge in [-0.2, -0.15) is 0 Å². The van der Waals surface area contributed by atoms with Crippen LogP contribution in [0.25, 0.3) is 0 Å². The molecule has 1 unspecified atom stereocenters. The molecule has 0 saturated heterocycles. The molecule has 40 valence electrons. The Morgan fingerprint density at radius 2 is 2.43 bits per heavy atom. The summed E-state index contributed by atoms with van der Waals surface area (Å²) in [6.45, 7) is 1.37. The number of rotatable bonds is 1. The predicted octanol–water partition coefficient (Wildman–Crippen LogP) is -1.01. The predicted molar refractivity (Wildman–Crippen MR) is 23.5 cm³/mol. The van der Waals surface area contributed by atoms with Gasteiger partial charge < -0.3 is 0 Å². The normalized spacial score (nSPS) is 13.0. The average Bonchev–Trinajstić information content (AvgIpc) is 1.65. The quantitative estimate of drug-likeness (QED) is 0.631. The number of aliphatic hydroxyl groups is 1. The molecule has 0 spiro atoms. The fraction of sp³-hybridized carbons (Fsp3) is 0.667. The molecule has 3 nitrogen and oxygen atoms in total. The van der Waals surface area contributed by atoms with E-state index in [2.05, 4.69) is 2.81 Å². The first kappa shape index (κ1) is 7.31. The van der Waals surface area contributed by atoms with Crippen molar-refractivity contribution >= 4 is 31.1 Å². The van der Waals surface area contributed by atoms with E-state index in [1.165, 1.54) is 6.92 Å². The Hall–Kier alpha value is 0.313. The van der Waals surface area contributed by atoms with Crippen molar-refractivity contribution in [3.63, 3.8) is 0 Å². The summed E-state index contributed by atoms with van der Waals surface area (Å²) in [4.78, 5) is 10.1. The van der Waals surface area contributed by atoms with E-state index in [1.807, 2.05) is 0 Å². The van der Waals surface area contributed by atoms with Crippen molar-refractivity contribution in [3.05, 3.63) is 0 Å². The summed E-state index contributed by atoms with van der Waals surface area (Å²) >= 11 is 0.535. The first-order valence-corrected chi connectivity index (χ1v) is 3.13. The van der Waals surface area contributed by atoms with Gasteiger partial charge in [-0.1, -0.05) is 0 Å². The standard InChI is InChI=1S/C3H6O3.Bi/c1-2(4)3(5)6;/h2,4H,1H3,(H,5,6);/q;+1/p-1. The van der Waals surface area contributed by atoms with Crippen LogP contribution in [0.4, 0.5) is 0 Å². The maximum absolute atomic E-state index is 10.1. The first-order chi connectivity index (χ1) is 3.18. The van der Waals surface area contributed by atoms with Crippen LogP contribution in [0.5, 0.6) is 0 Å². The van der Waals surface area contributed by atoms with E-state index in [1.54, 1.807) is 0 Å². The van der Waals surface area contributed by atoms with Crippen molar-refractivity contribution in [2.75, 3.05) is 0 Å². The van der Waals surface area contributed by atoms with E-state index in [9.17, 15) is 4.79 Å². The van der Waals surface area contributed by atoms with Crippen LogP contribution in [0.1, 0.15) is 6.92 Å². The number of hydrogen-bond donors (Lipinski definition) is 1. The third kappa shape index (κ3) is 2.95. The fourth-order valence-corrected chi connectivity index (χ4v) is 0.669. The van der Waals surface area contributed by atoms with Crippen molar-refractivity contribution < 1.29 is 12.7 Å². The zero-order valence-corrected chi connectivity index (χ0v) is 7.27. The topological polar surface area (TPSA) is 46.5 Å². The van der Waals surface area contributed by atoms with Gasteiger partial charge in [0.25, 0.3) is 0 Å². The zero-order valence-electron chi connectivity index (χ0n) is 3.79. The molecule has 0 rings (SSSR count). The van der Waals surface area contributed by atoms with Gasteiger partial charge >= 0.3 is 56.9 Å². The van der Waals surface area contributed by atoms with Crippen molar-refractivity contribution in [2.24, 2.45) is 0 Å². The van der Waals surface area contributed by atoms with Crippen LogP contribution in [0.2, 0.25) is 0 Å². The second kappa shape index (κ2) is 3.33. The number of carbonyl (C=O) groups excluding carboxylic acids is 1. The van der Waals surface area contributed by atoms with Gasteiger partial charge in [0.2, 0.25) is 0 Å². The van der Waals surface area contributed by atoms with E-state index in [-0.39, 0.29) is 0 Å². The molecule has 7 heavy (non-hydrogen) atoms. The molecule has 0 heterocycles. The molecular weight excluding hydrogens is 293 g/mol. The van der Waals surface area contributed by atoms with E-state index >= 15 is 0 Å². The van der Waals surface area contributed by atoms with Crippen LogP contribution >= 0.6 is 0 Å². The molecule has 0 bridgehead atoms. The van der Waals surface area contributed by atoms with Crippen LogP contribution in [0.15, 0.2) is 0 Å². The van der Waals surface area contributed by atoms with Crippen LogP contribution in [0, 0.1) is 0 Å². The van der Waals surface area contributed by atoms with Gasteiger partial charge in [-0.25, -0.2) is 0 Å². The van der Waals surface area contributed by atoms with Crippen LogP contribution in [-0.2, 0) is 7.61 Å². The second-order valence-corrected chi connectivity index (χ2v) is 1.80. The summed E-state index contributed by atoms with van der Waals surface area (Å²) in [6, 6.07) is 0. The monoisotopic (exact) mass is 298 g/mol. The second-order valence-electron chi connectivity index (χ2n) is 1.09. The summed E-state index contributed by atoms with van der Waals surface area (Å²) in [5.41, 5.74) is 0. The fourth-order valence-electron chi connectivity index (χ4n) is 0.0763. The molecule has 2 radical (unpaired) electrons. The number of aliphatic hydroxyl groups excluding tert-OH is 1. The van der Waals surface area contributed by atoms with Gasteiger partial charge in [-0.05, 0) is 0 Å². The Morgan fingerprint density at radius 1 is 2.00 bits per heavy atom. The Bertz CT molecular complexity index is 70.6. The Labute approximate surface area is 57.1 Å². The summed E-state index contributed by atoms with van der Waals surface area (Å²) in [6.07, 6.45) is -0.968. The van der Waals surface area contributed by atoms with Crippen molar-refractivity contribution in [2.45, 2.75) is 13.0 Å². The summed E-state index contributed by atoms with van der Waals surface area (Å²) in [7, 11) is 0. The molecule has 0 aromatic heterocycles. The van der Waals surface area contributed by atoms with Gasteiger partial charge in [-0.15, -0.1) is 0 Å². The summed E-state index contributed by atoms with van der Waals surface area (Å²) in [5.74, 6) is -0.548. The molecule has 4 heteroatoms. The molecule has 0 aromatic carbocycles. The van der Waals surface area contributed by atoms with E-state index in [0.29, 0.717) is 25.2 Å². The Kier molecular flexibility index (Phi) is 3.48. The van der Waals surface area contributed by atoms with Crippen molar-refractivity contribution in [1.29, 1.82) is 0 Å². The van der Waals surface area contributed by atoms with E-state index in [4.69, 9.17) is 5.11 Å².